The summed E-state index contributed by atoms with van der Waals surface area (Å²) >= 11 is 1.36. The van der Waals surface area contributed by atoms with E-state index in [4.69, 9.17) is 0 Å². The number of anilines is 2. The molecule has 158 valence electrons. The third-order valence-electron chi connectivity index (χ3n) is 5.33. The standard InChI is InChI=1S/C23H22N4O3S/c1-4-11-26-14(2)12-18(15(26)3)19-13-31-23(24-19)25-22(30)16-5-7-17(8-6-16)27-20(28)9-10-21(27)29/h4-8,12-13H,1,9-11H2,2-3H3,(H,24,25,30). The first-order chi connectivity index (χ1) is 14.9. The largest absolute Gasteiger partial charge is 0.345 e. The highest BCUT2D eigenvalue weighted by Crippen LogP contribution is 2.30. The molecule has 3 aromatic rings. The summed E-state index contributed by atoms with van der Waals surface area (Å²) in [6.07, 6.45) is 2.31. The van der Waals surface area contributed by atoms with Gasteiger partial charge in [-0.3, -0.25) is 24.6 Å². The van der Waals surface area contributed by atoms with E-state index in [9.17, 15) is 14.4 Å². The van der Waals surface area contributed by atoms with Crippen LogP contribution in [0, 0.1) is 13.8 Å². The predicted molar refractivity (Wildman–Crippen MR) is 121 cm³/mol. The Morgan fingerprint density at radius 3 is 2.52 bits per heavy atom. The minimum atomic E-state index is -0.302. The van der Waals surface area contributed by atoms with Crippen molar-refractivity contribution >= 4 is 39.9 Å². The summed E-state index contributed by atoms with van der Waals surface area (Å²) < 4.78 is 2.16. The number of amides is 3. The second kappa shape index (κ2) is 8.31. The molecule has 1 fully saturated rings. The smallest absolute Gasteiger partial charge is 0.257 e. The lowest BCUT2D eigenvalue weighted by Crippen LogP contribution is -2.28. The molecular weight excluding hydrogens is 412 g/mol. The number of benzene rings is 1. The molecule has 3 amide bonds. The van der Waals surface area contributed by atoms with E-state index in [2.05, 4.69) is 27.5 Å². The highest BCUT2D eigenvalue weighted by atomic mass is 32.1. The third-order valence-corrected chi connectivity index (χ3v) is 6.08. The van der Waals surface area contributed by atoms with Gasteiger partial charge in [-0.25, -0.2) is 4.98 Å². The SMILES string of the molecule is C=CCn1c(C)cc(-c2csc(NC(=O)c3ccc(N4C(=O)CCC4=O)cc3)n2)c1C. The van der Waals surface area contributed by atoms with Crippen LogP contribution in [0.1, 0.15) is 34.6 Å². The van der Waals surface area contributed by atoms with Gasteiger partial charge in [-0.15, -0.1) is 17.9 Å². The lowest BCUT2D eigenvalue weighted by molar-refractivity contribution is -0.121. The first-order valence-corrected chi connectivity index (χ1v) is 10.8. The second-order valence-electron chi connectivity index (χ2n) is 7.35. The topological polar surface area (TPSA) is 84.3 Å². The number of aryl methyl sites for hydroxylation is 1. The van der Waals surface area contributed by atoms with E-state index in [1.54, 1.807) is 24.3 Å². The number of thiazole rings is 1. The molecule has 1 saturated heterocycles. The van der Waals surface area contributed by atoms with Gasteiger partial charge in [-0.05, 0) is 44.2 Å². The Hall–Kier alpha value is -3.52. The average molecular weight is 435 g/mol. The first kappa shape index (κ1) is 20.7. The molecule has 0 bridgehead atoms. The van der Waals surface area contributed by atoms with E-state index in [0.29, 0.717) is 16.4 Å². The maximum absolute atomic E-state index is 12.6. The number of imide groups is 1. The summed E-state index contributed by atoms with van der Waals surface area (Å²) in [5, 5.41) is 5.24. The number of allylic oxidation sites excluding steroid dienone is 1. The fourth-order valence-corrected chi connectivity index (χ4v) is 4.43. The van der Waals surface area contributed by atoms with Gasteiger partial charge in [-0.1, -0.05) is 6.08 Å². The summed E-state index contributed by atoms with van der Waals surface area (Å²) in [6.45, 7) is 8.62. The Bertz CT molecular complexity index is 1170. The van der Waals surface area contributed by atoms with Crippen molar-refractivity contribution < 1.29 is 14.4 Å². The molecule has 1 aromatic carbocycles. The molecule has 7 nitrogen and oxygen atoms in total. The van der Waals surface area contributed by atoms with Crippen molar-refractivity contribution in [2.45, 2.75) is 33.2 Å². The van der Waals surface area contributed by atoms with Crippen molar-refractivity contribution in [3.05, 3.63) is 65.3 Å². The van der Waals surface area contributed by atoms with Crippen LogP contribution in [0.4, 0.5) is 10.8 Å². The summed E-state index contributed by atoms with van der Waals surface area (Å²) in [5.74, 6) is -0.737. The van der Waals surface area contributed by atoms with Crippen molar-refractivity contribution in [3.63, 3.8) is 0 Å². The summed E-state index contributed by atoms with van der Waals surface area (Å²) in [4.78, 5) is 42.1. The summed E-state index contributed by atoms with van der Waals surface area (Å²) in [7, 11) is 0. The lowest BCUT2D eigenvalue weighted by atomic mass is 10.2. The second-order valence-corrected chi connectivity index (χ2v) is 8.20. The molecule has 31 heavy (non-hydrogen) atoms. The first-order valence-electron chi connectivity index (χ1n) is 9.89. The quantitative estimate of drug-likeness (QED) is 0.463. The highest BCUT2D eigenvalue weighted by Gasteiger charge is 2.30. The van der Waals surface area contributed by atoms with Crippen LogP contribution >= 0.6 is 11.3 Å². The van der Waals surface area contributed by atoms with E-state index in [1.165, 1.54) is 11.3 Å². The van der Waals surface area contributed by atoms with Gasteiger partial charge in [0.1, 0.15) is 0 Å². The maximum Gasteiger partial charge on any atom is 0.257 e. The number of rotatable bonds is 6. The third kappa shape index (κ3) is 3.94. The van der Waals surface area contributed by atoms with Crippen molar-refractivity contribution in [1.82, 2.24) is 9.55 Å². The van der Waals surface area contributed by atoms with Crippen molar-refractivity contribution in [2.24, 2.45) is 0 Å². The van der Waals surface area contributed by atoms with Crippen LogP contribution in [0.25, 0.3) is 11.3 Å². The van der Waals surface area contributed by atoms with Gasteiger partial charge in [0.15, 0.2) is 5.13 Å². The van der Waals surface area contributed by atoms with Crippen LogP contribution in [-0.2, 0) is 16.1 Å². The highest BCUT2D eigenvalue weighted by molar-refractivity contribution is 7.14. The number of hydrogen-bond acceptors (Lipinski definition) is 5. The number of nitrogens with one attached hydrogen (secondary N) is 1. The summed E-state index contributed by atoms with van der Waals surface area (Å²) in [6, 6.07) is 8.50. The molecule has 0 unspecified atom stereocenters. The lowest BCUT2D eigenvalue weighted by Gasteiger charge is -2.13. The zero-order valence-electron chi connectivity index (χ0n) is 17.3. The van der Waals surface area contributed by atoms with Crippen molar-refractivity contribution in [1.29, 1.82) is 0 Å². The van der Waals surface area contributed by atoms with Crippen LogP contribution < -0.4 is 10.2 Å². The molecule has 0 radical (unpaired) electrons. The fraction of sp³-hybridized carbons (Fsp3) is 0.217. The van der Waals surface area contributed by atoms with Crippen LogP contribution in [-0.4, -0.2) is 27.3 Å². The van der Waals surface area contributed by atoms with Crippen LogP contribution in [0.3, 0.4) is 0 Å². The molecule has 0 atom stereocenters. The van der Waals surface area contributed by atoms with E-state index in [0.717, 1.165) is 34.1 Å². The van der Waals surface area contributed by atoms with Crippen LogP contribution in [0.2, 0.25) is 0 Å². The monoisotopic (exact) mass is 434 g/mol. The number of carbonyl (C=O) groups excluding carboxylic acids is 3. The van der Waals surface area contributed by atoms with Gasteiger partial charge in [0, 0.05) is 47.3 Å². The Balaban J connectivity index is 1.48. The normalized spacial score (nSPS) is 13.7. The van der Waals surface area contributed by atoms with E-state index < -0.39 is 0 Å². The minimum Gasteiger partial charge on any atom is -0.345 e. The minimum absolute atomic E-state index is 0.218. The molecule has 3 heterocycles. The zero-order valence-corrected chi connectivity index (χ0v) is 18.2. The number of aromatic nitrogens is 2. The molecule has 0 spiro atoms. The predicted octanol–water partition coefficient (Wildman–Crippen LogP) is 4.32. The van der Waals surface area contributed by atoms with Gasteiger partial charge in [0.25, 0.3) is 5.91 Å². The maximum atomic E-state index is 12.6. The fourth-order valence-electron chi connectivity index (χ4n) is 3.72. The molecule has 8 heteroatoms. The number of nitrogens with zero attached hydrogens (tertiary/aromatic N) is 3. The number of carbonyl (C=O) groups is 3. The molecule has 0 saturated carbocycles. The summed E-state index contributed by atoms with van der Waals surface area (Å²) in [5.41, 5.74) is 4.97. The molecule has 1 aliphatic heterocycles. The van der Waals surface area contributed by atoms with E-state index in [1.807, 2.05) is 25.3 Å². The Kier molecular flexibility index (Phi) is 5.56. The Morgan fingerprint density at radius 1 is 1.19 bits per heavy atom. The number of hydrogen-bond donors (Lipinski definition) is 1. The molecule has 1 aliphatic rings. The molecule has 0 aliphatic carbocycles. The molecule has 1 N–H and O–H groups in total. The van der Waals surface area contributed by atoms with E-state index >= 15 is 0 Å². The van der Waals surface area contributed by atoms with Gasteiger partial charge in [0.2, 0.25) is 11.8 Å². The van der Waals surface area contributed by atoms with Gasteiger partial charge >= 0.3 is 0 Å². The van der Waals surface area contributed by atoms with Gasteiger partial charge in [0.05, 0.1) is 11.4 Å². The molecule has 4 rings (SSSR count). The zero-order chi connectivity index (χ0) is 22.1. The Morgan fingerprint density at radius 2 is 1.87 bits per heavy atom. The average Bonchev–Trinajstić information content (AvgIpc) is 3.42. The van der Waals surface area contributed by atoms with Crippen LogP contribution in [0.15, 0.2) is 48.4 Å². The van der Waals surface area contributed by atoms with Crippen LogP contribution in [0.5, 0.6) is 0 Å². The molecule has 2 aromatic heterocycles. The van der Waals surface area contributed by atoms with Crippen molar-refractivity contribution in [2.75, 3.05) is 10.2 Å². The van der Waals surface area contributed by atoms with Gasteiger partial charge < -0.3 is 4.57 Å². The van der Waals surface area contributed by atoms with Crippen molar-refractivity contribution in [3.8, 4) is 11.3 Å². The van der Waals surface area contributed by atoms with Gasteiger partial charge in [-0.2, -0.15) is 0 Å². The van der Waals surface area contributed by atoms with E-state index in [-0.39, 0.29) is 30.6 Å². The Labute approximate surface area is 184 Å². The molecular formula is C23H22N4O3S.